The molecule has 2 bridgehead atoms. The van der Waals surface area contributed by atoms with Crippen LogP contribution in [-0.2, 0) is 9.59 Å². The van der Waals surface area contributed by atoms with Crippen molar-refractivity contribution < 1.29 is 14.7 Å². The molecule has 1 amide bonds. The van der Waals surface area contributed by atoms with Crippen LogP contribution in [0.4, 0.5) is 0 Å². The fourth-order valence-electron chi connectivity index (χ4n) is 3.56. The Morgan fingerprint density at radius 1 is 1.29 bits per heavy atom. The lowest BCUT2D eigenvalue weighted by molar-refractivity contribution is -0.139. The van der Waals surface area contributed by atoms with Gasteiger partial charge < -0.3 is 10.4 Å². The van der Waals surface area contributed by atoms with E-state index in [0.29, 0.717) is 5.92 Å². The molecule has 0 saturated heterocycles. The van der Waals surface area contributed by atoms with Gasteiger partial charge in [0.15, 0.2) is 0 Å². The molecule has 2 saturated carbocycles. The van der Waals surface area contributed by atoms with Crippen LogP contribution in [0.1, 0.15) is 45.4 Å². The van der Waals surface area contributed by atoms with Crippen LogP contribution in [-0.4, -0.2) is 23.0 Å². The normalized spacial score (nSPS) is 32.4. The summed E-state index contributed by atoms with van der Waals surface area (Å²) in [6.07, 6.45) is 5.27. The van der Waals surface area contributed by atoms with Crippen LogP contribution in [0.2, 0.25) is 0 Å². The first-order valence-corrected chi connectivity index (χ1v) is 6.57. The molecule has 96 valence electrons. The quantitative estimate of drug-likeness (QED) is 0.768. The summed E-state index contributed by atoms with van der Waals surface area (Å²) in [5.74, 6) is 1.25. The van der Waals surface area contributed by atoms with E-state index in [2.05, 4.69) is 12.2 Å². The second-order valence-electron chi connectivity index (χ2n) is 5.59. The van der Waals surface area contributed by atoms with E-state index in [-0.39, 0.29) is 24.8 Å². The van der Waals surface area contributed by atoms with E-state index in [4.69, 9.17) is 5.11 Å². The van der Waals surface area contributed by atoms with Crippen LogP contribution in [0, 0.1) is 17.8 Å². The van der Waals surface area contributed by atoms with Crippen LogP contribution in [0.15, 0.2) is 0 Å². The number of hydrogen-bond donors (Lipinski definition) is 2. The molecule has 2 N–H and O–H groups in total. The van der Waals surface area contributed by atoms with Crippen molar-refractivity contribution in [1.29, 1.82) is 0 Å². The van der Waals surface area contributed by atoms with E-state index in [1.54, 1.807) is 0 Å². The highest BCUT2D eigenvalue weighted by Gasteiger charge is 2.41. The third kappa shape index (κ3) is 2.99. The number of amides is 1. The molecule has 0 radical (unpaired) electrons. The summed E-state index contributed by atoms with van der Waals surface area (Å²) in [5.41, 5.74) is 0. The summed E-state index contributed by atoms with van der Waals surface area (Å²) < 4.78 is 0. The maximum Gasteiger partial charge on any atom is 0.303 e. The molecule has 17 heavy (non-hydrogen) atoms. The van der Waals surface area contributed by atoms with Crippen LogP contribution in [0.25, 0.3) is 0 Å². The van der Waals surface area contributed by atoms with Crippen LogP contribution in [0.3, 0.4) is 0 Å². The maximum absolute atomic E-state index is 11.5. The molecular formula is C13H21NO3. The Bertz CT molecular complexity index is 316. The van der Waals surface area contributed by atoms with Crippen molar-refractivity contribution in [3.05, 3.63) is 0 Å². The van der Waals surface area contributed by atoms with E-state index in [0.717, 1.165) is 11.8 Å². The fourth-order valence-corrected chi connectivity index (χ4v) is 3.56. The van der Waals surface area contributed by atoms with Gasteiger partial charge in [-0.25, -0.2) is 0 Å². The van der Waals surface area contributed by atoms with E-state index in [1.807, 2.05) is 0 Å². The minimum Gasteiger partial charge on any atom is -0.481 e. The van der Waals surface area contributed by atoms with Gasteiger partial charge in [0.1, 0.15) is 0 Å². The molecule has 2 aliphatic rings. The molecule has 4 atom stereocenters. The predicted octanol–water partition coefficient (Wildman–Crippen LogP) is 1.79. The van der Waals surface area contributed by atoms with Gasteiger partial charge in [-0.2, -0.15) is 0 Å². The monoisotopic (exact) mass is 239 g/mol. The number of nitrogens with one attached hydrogen (secondary N) is 1. The van der Waals surface area contributed by atoms with Gasteiger partial charge in [-0.3, -0.25) is 9.59 Å². The molecule has 2 rings (SSSR count). The molecule has 0 aromatic rings. The smallest absolute Gasteiger partial charge is 0.303 e. The minimum absolute atomic E-state index is 0.0741. The lowest BCUT2D eigenvalue weighted by Crippen LogP contribution is -2.40. The van der Waals surface area contributed by atoms with E-state index < -0.39 is 5.97 Å². The highest BCUT2D eigenvalue weighted by Crippen LogP contribution is 2.49. The molecule has 4 unspecified atom stereocenters. The van der Waals surface area contributed by atoms with Crippen molar-refractivity contribution >= 4 is 11.9 Å². The molecule has 0 heterocycles. The minimum atomic E-state index is -0.910. The number of hydrogen-bond acceptors (Lipinski definition) is 2. The average Bonchev–Trinajstić information content (AvgIpc) is 2.87. The Morgan fingerprint density at radius 3 is 2.59 bits per heavy atom. The zero-order valence-corrected chi connectivity index (χ0v) is 10.3. The number of aliphatic carboxylic acids is 1. The molecule has 2 aliphatic carbocycles. The van der Waals surface area contributed by atoms with Crippen molar-refractivity contribution in [2.45, 2.75) is 51.5 Å². The van der Waals surface area contributed by atoms with E-state index in [1.165, 1.54) is 25.7 Å². The van der Waals surface area contributed by atoms with Crippen LogP contribution in [0.5, 0.6) is 0 Å². The Hall–Kier alpha value is -1.06. The molecule has 2 fully saturated rings. The fraction of sp³-hybridized carbons (Fsp3) is 0.846. The van der Waals surface area contributed by atoms with Gasteiger partial charge in [0.25, 0.3) is 0 Å². The molecule has 0 aromatic carbocycles. The molecule has 0 aromatic heterocycles. The Kier molecular flexibility index (Phi) is 3.69. The van der Waals surface area contributed by atoms with Gasteiger partial charge in [0.2, 0.25) is 5.91 Å². The van der Waals surface area contributed by atoms with E-state index >= 15 is 0 Å². The summed E-state index contributed by atoms with van der Waals surface area (Å²) in [6, 6.07) is 0.201. The zero-order valence-electron chi connectivity index (χ0n) is 10.3. The van der Waals surface area contributed by atoms with Crippen molar-refractivity contribution in [3.8, 4) is 0 Å². The Balaban J connectivity index is 1.75. The number of carbonyl (C=O) groups is 2. The van der Waals surface area contributed by atoms with Gasteiger partial charge >= 0.3 is 5.97 Å². The summed E-state index contributed by atoms with van der Waals surface area (Å²) in [4.78, 5) is 21.9. The molecule has 4 nitrogen and oxygen atoms in total. The van der Waals surface area contributed by atoms with Crippen LogP contribution >= 0.6 is 0 Å². The number of rotatable bonds is 5. The third-order valence-corrected chi connectivity index (χ3v) is 4.39. The Labute approximate surface area is 102 Å². The van der Waals surface area contributed by atoms with Gasteiger partial charge in [0, 0.05) is 12.5 Å². The average molecular weight is 239 g/mol. The number of fused-ring (bicyclic) bond motifs is 2. The predicted molar refractivity (Wildman–Crippen MR) is 63.4 cm³/mol. The first-order chi connectivity index (χ1) is 8.06. The highest BCUT2D eigenvalue weighted by molar-refractivity contribution is 5.80. The first kappa shape index (κ1) is 12.4. The van der Waals surface area contributed by atoms with Gasteiger partial charge in [-0.1, -0.05) is 6.42 Å². The topological polar surface area (TPSA) is 66.4 Å². The standard InChI is InChI=1S/C13H21NO3/c1-8(14-12(15)4-5-13(16)17)11-7-9-2-3-10(11)6-9/h8-11H,2-7H2,1H3,(H,14,15)(H,16,17). The number of carboxylic acid groups (broad SMARTS) is 1. The molecule has 0 aliphatic heterocycles. The summed E-state index contributed by atoms with van der Waals surface area (Å²) in [6.45, 7) is 2.06. The second-order valence-corrected chi connectivity index (χ2v) is 5.59. The van der Waals surface area contributed by atoms with Crippen LogP contribution < -0.4 is 5.32 Å². The van der Waals surface area contributed by atoms with Crippen molar-refractivity contribution in [1.82, 2.24) is 5.32 Å². The number of carboxylic acids is 1. The summed E-state index contributed by atoms with van der Waals surface area (Å²) in [7, 11) is 0. The third-order valence-electron chi connectivity index (χ3n) is 4.39. The second kappa shape index (κ2) is 5.07. The van der Waals surface area contributed by atoms with E-state index in [9.17, 15) is 9.59 Å². The van der Waals surface area contributed by atoms with Gasteiger partial charge in [0.05, 0.1) is 6.42 Å². The molecule has 0 spiro atoms. The Morgan fingerprint density at radius 2 is 2.06 bits per heavy atom. The molecular weight excluding hydrogens is 218 g/mol. The van der Waals surface area contributed by atoms with Crippen molar-refractivity contribution in [2.75, 3.05) is 0 Å². The summed E-state index contributed by atoms with van der Waals surface area (Å²) >= 11 is 0. The summed E-state index contributed by atoms with van der Waals surface area (Å²) in [5, 5.41) is 11.5. The highest BCUT2D eigenvalue weighted by atomic mass is 16.4. The van der Waals surface area contributed by atoms with Crippen molar-refractivity contribution in [3.63, 3.8) is 0 Å². The van der Waals surface area contributed by atoms with Gasteiger partial charge in [-0.15, -0.1) is 0 Å². The number of carbonyl (C=O) groups excluding carboxylic acids is 1. The molecule has 4 heteroatoms. The lowest BCUT2D eigenvalue weighted by atomic mass is 9.84. The van der Waals surface area contributed by atoms with Crippen molar-refractivity contribution in [2.24, 2.45) is 17.8 Å². The first-order valence-electron chi connectivity index (χ1n) is 6.57. The SMILES string of the molecule is CC(NC(=O)CCC(=O)O)C1CC2CCC1C2. The lowest BCUT2D eigenvalue weighted by Gasteiger charge is -2.28. The van der Waals surface area contributed by atoms with Gasteiger partial charge in [-0.05, 0) is 43.9 Å². The zero-order chi connectivity index (χ0) is 12.4. The maximum atomic E-state index is 11.5. The largest absolute Gasteiger partial charge is 0.481 e.